The predicted octanol–water partition coefficient (Wildman–Crippen LogP) is 1.74. The van der Waals surface area contributed by atoms with Gasteiger partial charge in [0, 0.05) is 44.3 Å². The fourth-order valence-electron chi connectivity index (χ4n) is 3.05. The summed E-state index contributed by atoms with van der Waals surface area (Å²) in [6, 6.07) is 4.79. The van der Waals surface area contributed by atoms with E-state index in [2.05, 4.69) is 30.7 Å². The van der Waals surface area contributed by atoms with E-state index in [0.29, 0.717) is 18.7 Å². The van der Waals surface area contributed by atoms with Gasteiger partial charge in [0.05, 0.1) is 5.69 Å². The maximum Gasteiger partial charge on any atom is 0.316 e. The Bertz CT molecular complexity index is 610. The summed E-state index contributed by atoms with van der Waals surface area (Å²) in [6.45, 7) is 3.71. The van der Waals surface area contributed by atoms with E-state index >= 15 is 0 Å². The zero-order valence-corrected chi connectivity index (χ0v) is 12.6. The van der Waals surface area contributed by atoms with Crippen molar-refractivity contribution in [1.82, 2.24) is 24.6 Å². The Labute approximate surface area is 130 Å². The van der Waals surface area contributed by atoms with Gasteiger partial charge in [-0.2, -0.15) is 5.10 Å². The van der Waals surface area contributed by atoms with E-state index in [9.17, 15) is 0 Å². The van der Waals surface area contributed by atoms with Crippen LogP contribution in [0, 0.1) is 5.92 Å². The van der Waals surface area contributed by atoms with Gasteiger partial charge in [-0.05, 0) is 37.3 Å². The van der Waals surface area contributed by atoms with Crippen LogP contribution in [-0.4, -0.2) is 43.8 Å². The standard InChI is InChI=1S/C16H21N5O/c1-6-17-16(18-7-1)22-12-15-5-9-21-14(4-8-19-21)11-20(15)10-13-2-3-13/h1,4,6-8,13,15H,2-3,5,9-12H2/t15-/m1/s1. The normalized spacial score (nSPS) is 22.1. The van der Waals surface area contributed by atoms with Crippen LogP contribution in [0.3, 0.4) is 0 Å². The van der Waals surface area contributed by atoms with Crippen LogP contribution in [0.25, 0.3) is 0 Å². The SMILES string of the molecule is c1cnc(OC[C@H]2CCn3nccc3CN2CC2CC2)nc1. The zero-order chi connectivity index (χ0) is 14.8. The smallest absolute Gasteiger partial charge is 0.316 e. The summed E-state index contributed by atoms with van der Waals surface area (Å²) in [5.41, 5.74) is 1.30. The van der Waals surface area contributed by atoms with Crippen molar-refractivity contribution in [2.45, 2.75) is 38.4 Å². The van der Waals surface area contributed by atoms with E-state index in [4.69, 9.17) is 4.74 Å². The van der Waals surface area contributed by atoms with Gasteiger partial charge in [-0.3, -0.25) is 9.58 Å². The fourth-order valence-corrected chi connectivity index (χ4v) is 3.05. The second kappa shape index (κ2) is 6.04. The number of hydrogen-bond acceptors (Lipinski definition) is 5. The molecule has 6 nitrogen and oxygen atoms in total. The molecule has 2 aromatic rings. The molecule has 116 valence electrons. The quantitative estimate of drug-likeness (QED) is 0.841. The lowest BCUT2D eigenvalue weighted by Crippen LogP contribution is -2.39. The molecule has 1 saturated carbocycles. The molecule has 0 saturated heterocycles. The molecule has 1 aliphatic carbocycles. The van der Waals surface area contributed by atoms with Gasteiger partial charge in [-0.1, -0.05) is 0 Å². The molecule has 0 aromatic carbocycles. The Kier molecular flexibility index (Phi) is 3.76. The Morgan fingerprint density at radius 2 is 2.00 bits per heavy atom. The summed E-state index contributed by atoms with van der Waals surface area (Å²) in [5.74, 6) is 0.866. The molecule has 22 heavy (non-hydrogen) atoms. The maximum absolute atomic E-state index is 5.82. The van der Waals surface area contributed by atoms with Crippen LogP contribution in [0.2, 0.25) is 0 Å². The Morgan fingerprint density at radius 3 is 2.82 bits per heavy atom. The molecule has 0 amide bonds. The van der Waals surface area contributed by atoms with E-state index in [0.717, 1.165) is 32.0 Å². The van der Waals surface area contributed by atoms with Crippen molar-refractivity contribution in [3.8, 4) is 6.01 Å². The molecule has 0 unspecified atom stereocenters. The lowest BCUT2D eigenvalue weighted by atomic mass is 10.1. The number of nitrogens with zero attached hydrogens (tertiary/aromatic N) is 5. The first-order chi connectivity index (χ1) is 10.9. The summed E-state index contributed by atoms with van der Waals surface area (Å²) < 4.78 is 7.94. The first-order valence-electron chi connectivity index (χ1n) is 8.03. The minimum Gasteiger partial charge on any atom is -0.462 e. The average molecular weight is 299 g/mol. The van der Waals surface area contributed by atoms with Crippen molar-refractivity contribution in [2.75, 3.05) is 13.2 Å². The van der Waals surface area contributed by atoms with Crippen molar-refractivity contribution >= 4 is 0 Å². The van der Waals surface area contributed by atoms with Crippen LogP contribution < -0.4 is 4.74 Å². The fraction of sp³-hybridized carbons (Fsp3) is 0.562. The lowest BCUT2D eigenvalue weighted by molar-refractivity contribution is 0.115. The van der Waals surface area contributed by atoms with E-state index < -0.39 is 0 Å². The summed E-state index contributed by atoms with van der Waals surface area (Å²) in [4.78, 5) is 10.8. The average Bonchev–Trinajstić information content (AvgIpc) is 3.29. The van der Waals surface area contributed by atoms with Gasteiger partial charge in [0.1, 0.15) is 6.61 Å². The maximum atomic E-state index is 5.82. The summed E-state index contributed by atoms with van der Waals surface area (Å²) in [5, 5.41) is 4.42. The minimum atomic E-state index is 0.395. The van der Waals surface area contributed by atoms with Crippen LogP contribution >= 0.6 is 0 Å². The van der Waals surface area contributed by atoms with Crippen molar-refractivity contribution in [3.63, 3.8) is 0 Å². The van der Waals surface area contributed by atoms with Gasteiger partial charge in [-0.15, -0.1) is 0 Å². The summed E-state index contributed by atoms with van der Waals surface area (Å²) in [7, 11) is 0. The zero-order valence-electron chi connectivity index (χ0n) is 12.6. The topological polar surface area (TPSA) is 56.1 Å². The molecule has 0 spiro atoms. The molecule has 2 aliphatic rings. The van der Waals surface area contributed by atoms with Crippen LogP contribution in [0.5, 0.6) is 6.01 Å². The van der Waals surface area contributed by atoms with Crippen LogP contribution in [0.4, 0.5) is 0 Å². The Hall–Kier alpha value is -1.95. The highest BCUT2D eigenvalue weighted by molar-refractivity contribution is 5.03. The van der Waals surface area contributed by atoms with E-state index in [-0.39, 0.29) is 0 Å². The van der Waals surface area contributed by atoms with Gasteiger partial charge in [0.25, 0.3) is 0 Å². The molecule has 1 fully saturated rings. The molecule has 0 radical (unpaired) electrons. The van der Waals surface area contributed by atoms with Crippen molar-refractivity contribution in [3.05, 3.63) is 36.4 Å². The molecule has 1 atom stereocenters. The van der Waals surface area contributed by atoms with Gasteiger partial charge >= 0.3 is 6.01 Å². The van der Waals surface area contributed by atoms with Gasteiger partial charge in [0.15, 0.2) is 0 Å². The number of hydrogen-bond donors (Lipinski definition) is 0. The third kappa shape index (κ3) is 3.11. The molecule has 0 bridgehead atoms. The predicted molar refractivity (Wildman–Crippen MR) is 81.3 cm³/mol. The lowest BCUT2D eigenvalue weighted by Gasteiger charge is -2.29. The molecule has 6 heteroatoms. The number of fused-ring (bicyclic) bond motifs is 1. The Balaban J connectivity index is 1.45. The number of aromatic nitrogens is 4. The summed E-state index contributed by atoms with van der Waals surface area (Å²) in [6.07, 6.45) is 9.11. The van der Waals surface area contributed by atoms with Gasteiger partial charge in [-0.25, -0.2) is 9.97 Å². The third-order valence-corrected chi connectivity index (χ3v) is 4.50. The first kappa shape index (κ1) is 13.7. The molecule has 2 aromatic heterocycles. The molecule has 3 heterocycles. The monoisotopic (exact) mass is 299 g/mol. The summed E-state index contributed by atoms with van der Waals surface area (Å²) >= 11 is 0. The van der Waals surface area contributed by atoms with Gasteiger partial charge in [0.2, 0.25) is 0 Å². The molecule has 1 aliphatic heterocycles. The van der Waals surface area contributed by atoms with Crippen LogP contribution in [0.15, 0.2) is 30.7 Å². The van der Waals surface area contributed by atoms with Gasteiger partial charge < -0.3 is 4.74 Å². The highest BCUT2D eigenvalue weighted by Crippen LogP contribution is 2.32. The van der Waals surface area contributed by atoms with Crippen LogP contribution in [0.1, 0.15) is 25.0 Å². The number of rotatable bonds is 5. The third-order valence-electron chi connectivity index (χ3n) is 4.50. The van der Waals surface area contributed by atoms with Crippen LogP contribution in [-0.2, 0) is 13.1 Å². The first-order valence-corrected chi connectivity index (χ1v) is 8.03. The largest absolute Gasteiger partial charge is 0.462 e. The van der Waals surface area contributed by atoms with Crippen molar-refractivity contribution < 1.29 is 4.74 Å². The molecule has 4 rings (SSSR count). The molecular formula is C16H21N5O. The van der Waals surface area contributed by atoms with Crippen molar-refractivity contribution in [1.29, 1.82) is 0 Å². The second-order valence-corrected chi connectivity index (χ2v) is 6.20. The highest BCUT2D eigenvalue weighted by atomic mass is 16.5. The second-order valence-electron chi connectivity index (χ2n) is 6.20. The Morgan fingerprint density at radius 1 is 1.14 bits per heavy atom. The van der Waals surface area contributed by atoms with E-state index in [1.165, 1.54) is 18.5 Å². The number of aryl methyl sites for hydroxylation is 1. The van der Waals surface area contributed by atoms with E-state index in [1.54, 1.807) is 18.5 Å². The molecule has 0 N–H and O–H groups in total. The van der Waals surface area contributed by atoms with E-state index in [1.807, 2.05) is 6.20 Å². The number of ether oxygens (including phenoxy) is 1. The minimum absolute atomic E-state index is 0.395. The highest BCUT2D eigenvalue weighted by Gasteiger charge is 2.31. The van der Waals surface area contributed by atoms with Crippen molar-refractivity contribution in [2.24, 2.45) is 5.92 Å². The molecular weight excluding hydrogens is 278 g/mol.